The van der Waals surface area contributed by atoms with Crippen LogP contribution in [0.15, 0.2) is 14.7 Å². The molecule has 98 valence electrons. The molecule has 0 bridgehead atoms. The molecule has 1 heterocycles. The molecule has 0 fully saturated rings. The van der Waals surface area contributed by atoms with Crippen LogP contribution in [0.2, 0.25) is 0 Å². The number of nitrogens with one attached hydrogen (secondary N) is 1. The third kappa shape index (κ3) is 4.55. The minimum Gasteiger partial charge on any atom is -0.211 e. The number of halogens is 1. The van der Waals surface area contributed by atoms with Crippen molar-refractivity contribution in [2.75, 3.05) is 18.6 Å². The predicted molar refractivity (Wildman–Crippen MR) is 79.5 cm³/mol. The maximum atomic E-state index is 12.0. The fourth-order valence-corrected chi connectivity index (χ4v) is 5.63. The van der Waals surface area contributed by atoms with Gasteiger partial charge < -0.3 is 0 Å². The SMILES string of the molecule is CSCC(C)CNS(=O)(=O)c1cc(Br)sc1C. The molecule has 1 aromatic rings. The highest BCUT2D eigenvalue weighted by atomic mass is 79.9. The molecule has 0 saturated carbocycles. The molecule has 0 aliphatic heterocycles. The summed E-state index contributed by atoms with van der Waals surface area (Å²) in [6.45, 7) is 4.33. The monoisotopic (exact) mass is 357 g/mol. The molecule has 0 amide bonds. The van der Waals surface area contributed by atoms with Gasteiger partial charge in [0.1, 0.15) is 0 Å². The van der Waals surface area contributed by atoms with E-state index in [9.17, 15) is 8.42 Å². The van der Waals surface area contributed by atoms with Crippen LogP contribution in [0, 0.1) is 12.8 Å². The Labute approximate surface area is 120 Å². The second-order valence-corrected chi connectivity index (χ2v) is 9.16. The van der Waals surface area contributed by atoms with Crippen LogP contribution in [0.4, 0.5) is 0 Å². The third-order valence-electron chi connectivity index (χ3n) is 2.20. The van der Waals surface area contributed by atoms with Gasteiger partial charge in [-0.3, -0.25) is 0 Å². The van der Waals surface area contributed by atoms with Gasteiger partial charge in [-0.15, -0.1) is 11.3 Å². The normalized spacial score (nSPS) is 13.9. The van der Waals surface area contributed by atoms with Crippen molar-refractivity contribution >= 4 is 49.1 Å². The molecule has 3 nitrogen and oxygen atoms in total. The van der Waals surface area contributed by atoms with Crippen molar-refractivity contribution < 1.29 is 8.42 Å². The summed E-state index contributed by atoms with van der Waals surface area (Å²) in [5.41, 5.74) is 0. The Balaban J connectivity index is 2.73. The fraction of sp³-hybridized carbons (Fsp3) is 0.600. The van der Waals surface area contributed by atoms with Gasteiger partial charge in [-0.05, 0) is 46.8 Å². The van der Waals surface area contributed by atoms with Gasteiger partial charge in [-0.25, -0.2) is 13.1 Å². The Morgan fingerprint density at radius 2 is 2.24 bits per heavy atom. The summed E-state index contributed by atoms with van der Waals surface area (Å²) in [6, 6.07) is 1.65. The molecular formula is C10H16BrNO2S3. The van der Waals surface area contributed by atoms with E-state index in [1.165, 1.54) is 11.3 Å². The van der Waals surface area contributed by atoms with E-state index < -0.39 is 10.0 Å². The van der Waals surface area contributed by atoms with Crippen LogP contribution in [0.1, 0.15) is 11.8 Å². The summed E-state index contributed by atoms with van der Waals surface area (Å²) >= 11 is 6.46. The van der Waals surface area contributed by atoms with E-state index in [4.69, 9.17) is 0 Å². The molecule has 0 aromatic carbocycles. The van der Waals surface area contributed by atoms with E-state index in [2.05, 4.69) is 20.7 Å². The van der Waals surface area contributed by atoms with Crippen molar-refractivity contribution in [2.45, 2.75) is 18.7 Å². The van der Waals surface area contributed by atoms with Crippen molar-refractivity contribution in [2.24, 2.45) is 5.92 Å². The molecule has 7 heteroatoms. The van der Waals surface area contributed by atoms with Gasteiger partial charge in [0, 0.05) is 11.4 Å². The molecule has 17 heavy (non-hydrogen) atoms. The zero-order valence-corrected chi connectivity index (χ0v) is 14.0. The second-order valence-electron chi connectivity index (χ2n) is 3.88. The molecule has 0 radical (unpaired) electrons. The average molecular weight is 358 g/mol. The van der Waals surface area contributed by atoms with Crippen molar-refractivity contribution in [3.8, 4) is 0 Å². The topological polar surface area (TPSA) is 46.2 Å². The summed E-state index contributed by atoms with van der Waals surface area (Å²) in [4.78, 5) is 1.19. The Morgan fingerprint density at radius 3 is 2.71 bits per heavy atom. The number of sulfonamides is 1. The molecule has 0 saturated heterocycles. The van der Waals surface area contributed by atoms with E-state index in [1.54, 1.807) is 17.8 Å². The quantitative estimate of drug-likeness (QED) is 0.850. The number of hydrogen-bond acceptors (Lipinski definition) is 4. The molecule has 0 aliphatic carbocycles. The first-order valence-corrected chi connectivity index (χ1v) is 9.60. The van der Waals surface area contributed by atoms with E-state index in [1.807, 2.05) is 20.1 Å². The number of hydrogen-bond donors (Lipinski definition) is 1. The highest BCUT2D eigenvalue weighted by molar-refractivity contribution is 9.11. The predicted octanol–water partition coefficient (Wildman–Crippen LogP) is 3.10. The molecule has 1 unspecified atom stereocenters. The van der Waals surface area contributed by atoms with Crippen LogP contribution in [-0.4, -0.2) is 27.0 Å². The van der Waals surface area contributed by atoms with Gasteiger partial charge in [0.2, 0.25) is 10.0 Å². The lowest BCUT2D eigenvalue weighted by atomic mass is 10.2. The van der Waals surface area contributed by atoms with Crippen LogP contribution in [0.25, 0.3) is 0 Å². The van der Waals surface area contributed by atoms with Crippen LogP contribution in [-0.2, 0) is 10.0 Å². The Hall–Kier alpha value is 0.440. The van der Waals surface area contributed by atoms with Crippen LogP contribution in [0.5, 0.6) is 0 Å². The summed E-state index contributed by atoms with van der Waals surface area (Å²) in [5, 5.41) is 0. The first kappa shape index (κ1) is 15.5. The standard InChI is InChI=1S/C10H16BrNO2S3/c1-7(6-15-3)5-12-17(13,14)9-4-10(11)16-8(9)2/h4,7,12H,5-6H2,1-3H3. The van der Waals surface area contributed by atoms with Crippen LogP contribution >= 0.6 is 39.0 Å². The maximum Gasteiger partial charge on any atom is 0.241 e. The lowest BCUT2D eigenvalue weighted by Gasteiger charge is -2.11. The van der Waals surface area contributed by atoms with E-state index in [-0.39, 0.29) is 0 Å². The Morgan fingerprint density at radius 1 is 1.59 bits per heavy atom. The van der Waals surface area contributed by atoms with E-state index >= 15 is 0 Å². The first-order chi connectivity index (χ1) is 7.86. The molecule has 1 aromatic heterocycles. The van der Waals surface area contributed by atoms with Gasteiger partial charge in [0.25, 0.3) is 0 Å². The van der Waals surface area contributed by atoms with Gasteiger partial charge in [0.15, 0.2) is 0 Å². The summed E-state index contributed by atoms with van der Waals surface area (Å²) in [5.74, 6) is 1.29. The fourth-order valence-electron chi connectivity index (χ4n) is 1.37. The summed E-state index contributed by atoms with van der Waals surface area (Å²) in [6.07, 6.45) is 2.02. The van der Waals surface area contributed by atoms with E-state index in [0.29, 0.717) is 17.4 Å². The lowest BCUT2D eigenvalue weighted by molar-refractivity contribution is 0.562. The smallest absolute Gasteiger partial charge is 0.211 e. The largest absolute Gasteiger partial charge is 0.241 e. The van der Waals surface area contributed by atoms with Crippen molar-refractivity contribution in [1.29, 1.82) is 0 Å². The van der Waals surface area contributed by atoms with E-state index in [0.717, 1.165) is 14.4 Å². The number of rotatable bonds is 6. The zero-order valence-electron chi connectivity index (χ0n) is 9.99. The van der Waals surface area contributed by atoms with Gasteiger partial charge in [0.05, 0.1) is 8.68 Å². The molecular weight excluding hydrogens is 342 g/mol. The van der Waals surface area contributed by atoms with Gasteiger partial charge >= 0.3 is 0 Å². The van der Waals surface area contributed by atoms with Crippen molar-refractivity contribution in [3.63, 3.8) is 0 Å². The Bertz CT molecular complexity index is 470. The highest BCUT2D eigenvalue weighted by Crippen LogP contribution is 2.29. The molecule has 1 atom stereocenters. The lowest BCUT2D eigenvalue weighted by Crippen LogP contribution is -2.29. The summed E-state index contributed by atoms with van der Waals surface area (Å²) in [7, 11) is -3.36. The minimum absolute atomic E-state index is 0.335. The molecule has 1 rings (SSSR count). The number of thioether (sulfide) groups is 1. The van der Waals surface area contributed by atoms with Crippen molar-refractivity contribution in [1.82, 2.24) is 4.72 Å². The van der Waals surface area contributed by atoms with Crippen molar-refractivity contribution in [3.05, 3.63) is 14.7 Å². The minimum atomic E-state index is -3.36. The first-order valence-electron chi connectivity index (χ1n) is 5.11. The maximum absolute atomic E-state index is 12.0. The average Bonchev–Trinajstić information content (AvgIpc) is 2.56. The highest BCUT2D eigenvalue weighted by Gasteiger charge is 2.19. The van der Waals surface area contributed by atoms with Gasteiger partial charge in [-0.2, -0.15) is 11.8 Å². The summed E-state index contributed by atoms with van der Waals surface area (Å²) < 4.78 is 27.6. The number of aryl methyl sites for hydroxylation is 1. The zero-order chi connectivity index (χ0) is 13.1. The van der Waals surface area contributed by atoms with Gasteiger partial charge in [-0.1, -0.05) is 6.92 Å². The molecule has 1 N–H and O–H groups in total. The number of thiophene rings is 1. The molecule has 0 aliphatic rings. The second kappa shape index (κ2) is 6.56. The van der Waals surface area contributed by atoms with Crippen LogP contribution in [0.3, 0.4) is 0 Å². The third-order valence-corrected chi connectivity index (χ3v) is 6.34. The van der Waals surface area contributed by atoms with Crippen LogP contribution < -0.4 is 4.72 Å². The molecule has 0 spiro atoms. The Kier molecular flexibility index (Phi) is 5.98.